The lowest BCUT2D eigenvalue weighted by Gasteiger charge is -2.34. The predicted molar refractivity (Wildman–Crippen MR) is 108 cm³/mol. The minimum Gasteiger partial charge on any atom is -0.410 e. The molecule has 1 aromatic carbocycles. The standard InChI is InChI=1S/C21H33ClN2O2/c1-4-15-23(2)16-5-6-17-7-11-19(12-8-17)24(3)21(25)26-20-13-9-18(22)10-14-20/h9-10,13-14,17,19H,4-8,11-12,15-16H2,1-3H3/t17-,19-. The number of nitrogens with zero attached hydrogens (tertiary/aromatic N) is 2. The number of rotatable bonds is 8. The van der Waals surface area contributed by atoms with Gasteiger partial charge in [0.2, 0.25) is 0 Å². The molecule has 0 N–H and O–H groups in total. The van der Waals surface area contributed by atoms with Crippen LogP contribution in [0.1, 0.15) is 51.9 Å². The van der Waals surface area contributed by atoms with E-state index in [0.717, 1.165) is 18.8 Å². The van der Waals surface area contributed by atoms with Gasteiger partial charge in [-0.3, -0.25) is 0 Å². The first kappa shape index (κ1) is 21.0. The number of benzene rings is 1. The summed E-state index contributed by atoms with van der Waals surface area (Å²) in [5.74, 6) is 1.35. The summed E-state index contributed by atoms with van der Waals surface area (Å²) >= 11 is 5.86. The van der Waals surface area contributed by atoms with E-state index < -0.39 is 0 Å². The molecule has 1 fully saturated rings. The Morgan fingerprint density at radius 3 is 2.38 bits per heavy atom. The van der Waals surface area contributed by atoms with Gasteiger partial charge >= 0.3 is 6.09 Å². The van der Waals surface area contributed by atoms with Crippen LogP contribution in [0.3, 0.4) is 0 Å². The fraction of sp³-hybridized carbons (Fsp3) is 0.667. The highest BCUT2D eigenvalue weighted by Gasteiger charge is 2.27. The fourth-order valence-electron chi connectivity index (χ4n) is 3.79. The van der Waals surface area contributed by atoms with E-state index in [9.17, 15) is 4.79 Å². The van der Waals surface area contributed by atoms with Crippen molar-refractivity contribution in [3.8, 4) is 5.75 Å². The number of carbonyl (C=O) groups excluding carboxylic acids is 1. The number of hydrogen-bond donors (Lipinski definition) is 0. The molecule has 0 saturated heterocycles. The number of amides is 1. The van der Waals surface area contributed by atoms with Gasteiger partial charge < -0.3 is 14.5 Å². The van der Waals surface area contributed by atoms with Gasteiger partial charge in [-0.05, 0) is 95.3 Å². The molecule has 5 heteroatoms. The third kappa shape index (κ3) is 6.81. The van der Waals surface area contributed by atoms with E-state index in [-0.39, 0.29) is 12.1 Å². The average molecular weight is 381 g/mol. The summed E-state index contributed by atoms with van der Waals surface area (Å²) in [6.45, 7) is 4.61. The van der Waals surface area contributed by atoms with Crippen molar-refractivity contribution < 1.29 is 9.53 Å². The molecule has 0 unspecified atom stereocenters. The molecule has 2 rings (SSSR count). The molecule has 4 nitrogen and oxygen atoms in total. The summed E-state index contributed by atoms with van der Waals surface area (Å²) in [6.07, 6.45) is 8.09. The van der Waals surface area contributed by atoms with Crippen molar-refractivity contribution in [2.24, 2.45) is 5.92 Å². The largest absolute Gasteiger partial charge is 0.415 e. The smallest absolute Gasteiger partial charge is 0.410 e. The van der Waals surface area contributed by atoms with Gasteiger partial charge in [0.1, 0.15) is 5.75 Å². The van der Waals surface area contributed by atoms with Crippen LogP contribution in [-0.2, 0) is 0 Å². The van der Waals surface area contributed by atoms with Gasteiger partial charge in [-0.15, -0.1) is 0 Å². The Bertz CT molecular complexity index is 541. The second-order valence-corrected chi connectivity index (χ2v) is 7.99. The van der Waals surface area contributed by atoms with Crippen LogP contribution >= 0.6 is 11.6 Å². The highest BCUT2D eigenvalue weighted by molar-refractivity contribution is 6.30. The van der Waals surface area contributed by atoms with Crippen LogP contribution in [0, 0.1) is 5.92 Å². The van der Waals surface area contributed by atoms with Crippen LogP contribution in [0.15, 0.2) is 24.3 Å². The first-order valence-electron chi connectivity index (χ1n) is 9.88. The first-order valence-corrected chi connectivity index (χ1v) is 10.3. The lowest BCUT2D eigenvalue weighted by atomic mass is 9.83. The van der Waals surface area contributed by atoms with Crippen LogP contribution in [0.25, 0.3) is 0 Å². The minimum absolute atomic E-state index is 0.281. The zero-order valence-electron chi connectivity index (χ0n) is 16.4. The lowest BCUT2D eigenvalue weighted by Crippen LogP contribution is -2.41. The van der Waals surface area contributed by atoms with E-state index in [0.29, 0.717) is 10.8 Å². The molecule has 1 aliphatic carbocycles. The SMILES string of the molecule is CCCN(C)CCC[C@H]1CC[C@H](N(C)C(=O)Oc2ccc(Cl)cc2)CC1. The summed E-state index contributed by atoms with van der Waals surface area (Å²) in [6, 6.07) is 7.19. The molecule has 1 aromatic rings. The summed E-state index contributed by atoms with van der Waals surface area (Å²) in [5.41, 5.74) is 0. The quantitative estimate of drug-likeness (QED) is 0.601. The highest BCUT2D eigenvalue weighted by atomic mass is 35.5. The van der Waals surface area contributed by atoms with Crippen molar-refractivity contribution in [3.05, 3.63) is 29.3 Å². The van der Waals surface area contributed by atoms with Crippen LogP contribution < -0.4 is 4.74 Å². The van der Waals surface area contributed by atoms with Gasteiger partial charge in [0.25, 0.3) is 0 Å². The monoisotopic (exact) mass is 380 g/mol. The predicted octanol–water partition coefficient (Wildman–Crippen LogP) is 5.45. The molecule has 0 spiro atoms. The van der Waals surface area contributed by atoms with E-state index in [1.165, 1.54) is 45.2 Å². The summed E-state index contributed by atoms with van der Waals surface area (Å²) in [7, 11) is 4.06. The number of ether oxygens (including phenoxy) is 1. The maximum Gasteiger partial charge on any atom is 0.415 e. The number of hydrogen-bond acceptors (Lipinski definition) is 3. The van der Waals surface area contributed by atoms with Crippen molar-refractivity contribution >= 4 is 17.7 Å². The van der Waals surface area contributed by atoms with Crippen molar-refractivity contribution in [2.75, 3.05) is 27.2 Å². The second kappa shape index (κ2) is 10.8. The molecule has 0 atom stereocenters. The minimum atomic E-state index is -0.281. The Balaban J connectivity index is 1.69. The van der Waals surface area contributed by atoms with Gasteiger partial charge in [0, 0.05) is 18.1 Å². The van der Waals surface area contributed by atoms with E-state index in [2.05, 4.69) is 18.9 Å². The maximum atomic E-state index is 12.4. The lowest BCUT2D eigenvalue weighted by molar-refractivity contribution is 0.123. The molecule has 0 radical (unpaired) electrons. The second-order valence-electron chi connectivity index (χ2n) is 7.55. The Labute approximate surface area is 163 Å². The third-order valence-corrected chi connectivity index (χ3v) is 5.68. The maximum absolute atomic E-state index is 12.4. The average Bonchev–Trinajstić information content (AvgIpc) is 2.64. The molecule has 1 saturated carbocycles. The van der Waals surface area contributed by atoms with Crippen molar-refractivity contribution in [1.29, 1.82) is 0 Å². The zero-order chi connectivity index (χ0) is 18.9. The number of carbonyl (C=O) groups is 1. The summed E-state index contributed by atoms with van der Waals surface area (Å²) in [4.78, 5) is 16.5. The van der Waals surface area contributed by atoms with Crippen LogP contribution in [0.4, 0.5) is 4.79 Å². The van der Waals surface area contributed by atoms with Gasteiger partial charge in [-0.2, -0.15) is 0 Å². The van der Waals surface area contributed by atoms with Crippen LogP contribution in [0.5, 0.6) is 5.75 Å². The Hall–Kier alpha value is -1.26. The molecular formula is C21H33ClN2O2. The molecule has 1 aliphatic rings. The Morgan fingerprint density at radius 2 is 1.77 bits per heavy atom. The third-order valence-electron chi connectivity index (χ3n) is 5.43. The van der Waals surface area contributed by atoms with Gasteiger partial charge in [0.15, 0.2) is 0 Å². The Morgan fingerprint density at radius 1 is 1.12 bits per heavy atom. The molecule has 26 heavy (non-hydrogen) atoms. The van der Waals surface area contributed by atoms with Crippen LogP contribution in [-0.4, -0.2) is 49.1 Å². The zero-order valence-corrected chi connectivity index (χ0v) is 17.2. The molecule has 0 heterocycles. The molecule has 1 amide bonds. The Kier molecular flexibility index (Phi) is 8.73. The molecule has 0 bridgehead atoms. The van der Waals surface area contributed by atoms with Crippen molar-refractivity contribution in [1.82, 2.24) is 9.80 Å². The molecule has 146 valence electrons. The van der Waals surface area contributed by atoms with E-state index in [4.69, 9.17) is 16.3 Å². The first-order chi connectivity index (χ1) is 12.5. The van der Waals surface area contributed by atoms with Crippen LogP contribution in [0.2, 0.25) is 5.02 Å². The summed E-state index contributed by atoms with van der Waals surface area (Å²) in [5, 5.41) is 0.636. The fourth-order valence-corrected chi connectivity index (χ4v) is 3.91. The number of halogens is 1. The van der Waals surface area contributed by atoms with E-state index >= 15 is 0 Å². The van der Waals surface area contributed by atoms with E-state index in [1.807, 2.05) is 7.05 Å². The molecule has 0 aromatic heterocycles. The highest BCUT2D eigenvalue weighted by Crippen LogP contribution is 2.30. The van der Waals surface area contributed by atoms with Crippen molar-refractivity contribution in [2.45, 2.75) is 57.9 Å². The van der Waals surface area contributed by atoms with Gasteiger partial charge in [-0.25, -0.2) is 4.79 Å². The summed E-state index contributed by atoms with van der Waals surface area (Å²) < 4.78 is 5.45. The molecule has 0 aliphatic heterocycles. The van der Waals surface area contributed by atoms with Crippen molar-refractivity contribution in [3.63, 3.8) is 0 Å². The van der Waals surface area contributed by atoms with Gasteiger partial charge in [-0.1, -0.05) is 18.5 Å². The topological polar surface area (TPSA) is 32.8 Å². The molecular weight excluding hydrogens is 348 g/mol. The van der Waals surface area contributed by atoms with E-state index in [1.54, 1.807) is 29.2 Å². The normalized spacial score (nSPS) is 20.2. The van der Waals surface area contributed by atoms with Gasteiger partial charge in [0.05, 0.1) is 0 Å².